The van der Waals surface area contributed by atoms with Gasteiger partial charge < -0.3 is 150 Å². The van der Waals surface area contributed by atoms with Gasteiger partial charge in [-0.1, -0.05) is 0 Å². The van der Waals surface area contributed by atoms with Crippen molar-refractivity contribution in [2.75, 3.05) is 46.2 Å². The minimum atomic E-state index is -3.36. The largest absolute Gasteiger partial charge is 0.477 e. The number of hydrogen-bond acceptors (Lipinski definition) is 30. The quantitative estimate of drug-likeness (QED) is 0.0423. The first kappa shape index (κ1) is 60.2. The maximum Gasteiger partial charge on any atom is 0.364 e. The van der Waals surface area contributed by atoms with Gasteiger partial charge in [0.25, 0.3) is 5.79 Å². The number of carbonyl (C=O) groups excluding carboxylic acids is 2. The SMILES string of the molecule is CC(=O)N[C@H]1[C@H](O[C@@H]2[C@H](O[C@]3(C(=O)O)C[C@H](O)[C@@H](O)[C@H]([C@H](O)[C@H](O)CO)O3)[C@@H](O)[C@H](O[C@H]3[C@H](O)[C@@H](O)[C@H](OC[C@@H](CO)NC=O)O[C@@H]3CO)O[C@@H]2CO)O[C@H](CO)[C@H](O)[C@@H]1O[C@@H]1O[C@H](CO)[C@H](O)[C@H](O)[C@H]1O. The number of carboxylic acid groups (broad SMARTS) is 1. The summed E-state index contributed by atoms with van der Waals surface area (Å²) < 4.78 is 57.4. The van der Waals surface area contributed by atoms with Gasteiger partial charge in [-0.15, -0.1) is 0 Å². The summed E-state index contributed by atoms with van der Waals surface area (Å²) in [7, 11) is 0. The van der Waals surface area contributed by atoms with Crippen LogP contribution in [0.1, 0.15) is 13.3 Å². The highest BCUT2D eigenvalue weighted by atomic mass is 16.8. The van der Waals surface area contributed by atoms with Crippen LogP contribution in [-0.2, 0) is 61.8 Å². The number of aliphatic hydroxyl groups is 17. The number of nitrogens with one attached hydrogen (secondary N) is 2. The lowest BCUT2D eigenvalue weighted by atomic mass is 9.90. The molecule has 0 aromatic heterocycles. The van der Waals surface area contributed by atoms with Gasteiger partial charge in [-0.3, -0.25) is 9.59 Å². The maximum absolute atomic E-state index is 13.3. The molecule has 33 heteroatoms. The molecule has 5 heterocycles. The van der Waals surface area contributed by atoms with Crippen LogP contribution in [0.3, 0.4) is 0 Å². The van der Waals surface area contributed by atoms with Gasteiger partial charge in [0.05, 0.1) is 58.4 Å². The minimum absolute atomic E-state index is 0.242. The number of aliphatic carboxylic acids is 1. The molecule has 0 saturated carbocycles. The highest BCUT2D eigenvalue weighted by Crippen LogP contribution is 2.40. The van der Waals surface area contributed by atoms with Crippen LogP contribution in [0.5, 0.6) is 0 Å². The molecular weight excluding hydrogens is 992 g/mol. The Labute approximate surface area is 407 Å². The van der Waals surface area contributed by atoms with Crippen molar-refractivity contribution in [1.82, 2.24) is 10.6 Å². The molecule has 0 radical (unpaired) electrons. The number of rotatable bonds is 23. The first-order chi connectivity index (χ1) is 34.1. The average Bonchev–Trinajstić information content (AvgIpc) is 3.35. The Morgan fingerprint density at radius 3 is 1.72 bits per heavy atom. The van der Waals surface area contributed by atoms with Crippen molar-refractivity contribution in [3.8, 4) is 0 Å². The highest BCUT2D eigenvalue weighted by Gasteiger charge is 2.62. The summed E-state index contributed by atoms with van der Waals surface area (Å²) in [6.07, 6.45) is -50.9. The lowest BCUT2D eigenvalue weighted by Crippen LogP contribution is -2.71. The summed E-state index contributed by atoms with van der Waals surface area (Å²) in [4.78, 5) is 37.0. The Kier molecular flexibility index (Phi) is 22.1. The van der Waals surface area contributed by atoms with Crippen molar-refractivity contribution >= 4 is 18.3 Å². The van der Waals surface area contributed by atoms with Crippen molar-refractivity contribution in [2.24, 2.45) is 0 Å². The van der Waals surface area contributed by atoms with Crippen LogP contribution in [0.15, 0.2) is 0 Å². The molecule has 27 atom stereocenters. The molecule has 5 aliphatic heterocycles. The Morgan fingerprint density at radius 2 is 1.15 bits per heavy atom. The molecule has 20 N–H and O–H groups in total. The van der Waals surface area contributed by atoms with Gasteiger partial charge in [0.1, 0.15) is 122 Å². The van der Waals surface area contributed by atoms with E-state index in [0.29, 0.717) is 0 Å². The van der Waals surface area contributed by atoms with E-state index in [2.05, 4.69) is 10.6 Å². The molecule has 0 aliphatic carbocycles. The summed E-state index contributed by atoms with van der Waals surface area (Å²) in [5, 5.41) is 196. The summed E-state index contributed by atoms with van der Waals surface area (Å²) in [6.45, 7) is -5.68. The van der Waals surface area contributed by atoms with Gasteiger partial charge in [-0.2, -0.15) is 0 Å². The van der Waals surface area contributed by atoms with E-state index in [1.165, 1.54) is 0 Å². The van der Waals surface area contributed by atoms with Crippen LogP contribution in [0.4, 0.5) is 0 Å². The third-order valence-electron chi connectivity index (χ3n) is 12.7. The second kappa shape index (κ2) is 26.4. The molecule has 0 spiro atoms. The number of carbonyl (C=O) groups is 3. The van der Waals surface area contributed by atoms with E-state index < -0.39 is 230 Å². The molecule has 72 heavy (non-hydrogen) atoms. The van der Waals surface area contributed by atoms with Crippen LogP contribution in [0.2, 0.25) is 0 Å². The van der Waals surface area contributed by atoms with Crippen molar-refractivity contribution in [1.29, 1.82) is 0 Å². The predicted molar refractivity (Wildman–Crippen MR) is 219 cm³/mol. The minimum Gasteiger partial charge on any atom is -0.477 e. The molecule has 5 fully saturated rings. The van der Waals surface area contributed by atoms with E-state index in [9.17, 15) is 106 Å². The van der Waals surface area contributed by atoms with Crippen LogP contribution < -0.4 is 10.6 Å². The third-order valence-corrected chi connectivity index (χ3v) is 12.7. The number of hydrogen-bond donors (Lipinski definition) is 20. The lowest BCUT2D eigenvalue weighted by Gasteiger charge is -2.52. The summed E-state index contributed by atoms with van der Waals surface area (Å²) in [5.74, 6) is -6.45. The smallest absolute Gasteiger partial charge is 0.364 e. The Morgan fingerprint density at radius 1 is 0.625 bits per heavy atom. The van der Waals surface area contributed by atoms with Gasteiger partial charge in [-0.05, 0) is 0 Å². The fourth-order valence-electron chi connectivity index (χ4n) is 8.69. The number of carboxylic acids is 1. The van der Waals surface area contributed by atoms with Gasteiger partial charge in [-0.25, -0.2) is 4.79 Å². The van der Waals surface area contributed by atoms with Crippen molar-refractivity contribution in [3.63, 3.8) is 0 Å². The zero-order valence-corrected chi connectivity index (χ0v) is 38.1. The predicted octanol–water partition coefficient (Wildman–Crippen LogP) is -13.4. The number of amides is 2. The standard InChI is InChI=1S/C39H66N2O31/c1-11(49)41-19-31(70-36-26(58)24(56)22(54)15(5-44)65-36)23(55)16(6-45)64-34(19)69-30-18(8-47)67-37(68-29-17(7-46)66-35(27(59)25(29)57)63-9-12(3-42)40-10-48)28(60)33(30)72-39(38(61)62)2-13(50)20(52)32(71-39)21(53)14(51)4-43/h10,12-37,42-47,50-60H,2-9H2,1H3,(H,40,48)(H,41,49)(H,61,62)/t12-,13+,14-,15-,16-,17-,18-,19-,20-,21-,22+,23+,24+,25-,26-,27-,28-,29-,30+,31-,32-,33-,34+,35-,36+,37+,39+/m1/s1. The fraction of sp³-hybridized carbons (Fsp3) is 0.923. The van der Waals surface area contributed by atoms with Crippen molar-refractivity contribution in [3.05, 3.63) is 0 Å². The fourth-order valence-corrected chi connectivity index (χ4v) is 8.69. The molecule has 5 saturated heterocycles. The zero-order chi connectivity index (χ0) is 53.5. The summed E-state index contributed by atoms with van der Waals surface area (Å²) >= 11 is 0. The lowest BCUT2D eigenvalue weighted by molar-refractivity contribution is -0.406. The van der Waals surface area contributed by atoms with Crippen LogP contribution >= 0.6 is 0 Å². The highest BCUT2D eigenvalue weighted by molar-refractivity contribution is 5.76. The summed E-state index contributed by atoms with van der Waals surface area (Å²) in [5.41, 5.74) is 0. The Hall–Kier alpha value is -2.67. The van der Waals surface area contributed by atoms with Gasteiger partial charge in [0.15, 0.2) is 25.2 Å². The maximum atomic E-state index is 13.3. The molecule has 0 bridgehead atoms. The number of ether oxygens (including phenoxy) is 10. The van der Waals surface area contributed by atoms with Crippen LogP contribution in [0.25, 0.3) is 0 Å². The van der Waals surface area contributed by atoms with E-state index in [1.54, 1.807) is 0 Å². The van der Waals surface area contributed by atoms with Crippen molar-refractivity contribution in [2.45, 2.75) is 178 Å². The molecule has 33 nitrogen and oxygen atoms in total. The Bertz CT molecular complexity index is 1710. The van der Waals surface area contributed by atoms with E-state index >= 15 is 0 Å². The Balaban J connectivity index is 1.56. The van der Waals surface area contributed by atoms with E-state index in [0.717, 1.165) is 6.92 Å². The third kappa shape index (κ3) is 13.1. The zero-order valence-electron chi connectivity index (χ0n) is 38.1. The first-order valence-electron chi connectivity index (χ1n) is 22.5. The molecule has 0 aromatic carbocycles. The molecule has 0 aromatic rings. The molecular formula is C39H66N2O31. The first-order valence-corrected chi connectivity index (χ1v) is 22.5. The van der Waals surface area contributed by atoms with Gasteiger partial charge >= 0.3 is 5.97 Å². The monoisotopic (exact) mass is 1060 g/mol. The molecule has 418 valence electrons. The van der Waals surface area contributed by atoms with E-state index in [4.69, 9.17) is 47.4 Å². The van der Waals surface area contributed by atoms with E-state index in [-0.39, 0.29) is 6.41 Å². The van der Waals surface area contributed by atoms with Gasteiger partial charge in [0.2, 0.25) is 12.3 Å². The second-order valence-electron chi connectivity index (χ2n) is 17.6. The second-order valence-corrected chi connectivity index (χ2v) is 17.6. The average molecular weight is 1060 g/mol. The normalized spacial score (nSPS) is 45.1. The van der Waals surface area contributed by atoms with Crippen LogP contribution in [0, 0.1) is 0 Å². The van der Waals surface area contributed by atoms with Crippen molar-refractivity contribution < 1.29 is 154 Å². The number of aliphatic hydroxyl groups excluding tert-OH is 17. The molecule has 5 rings (SSSR count). The topological polar surface area (TPSA) is 532 Å². The summed E-state index contributed by atoms with van der Waals surface area (Å²) in [6, 6.07) is -2.91. The molecule has 0 unspecified atom stereocenters. The van der Waals surface area contributed by atoms with E-state index in [1.807, 2.05) is 0 Å². The van der Waals surface area contributed by atoms with Crippen LogP contribution in [-0.4, -0.2) is 322 Å². The van der Waals surface area contributed by atoms with Gasteiger partial charge in [0, 0.05) is 13.3 Å². The molecule has 2 amide bonds. The molecule has 5 aliphatic rings.